The van der Waals surface area contributed by atoms with Crippen LogP contribution >= 0.6 is 11.8 Å². The van der Waals surface area contributed by atoms with Gasteiger partial charge in [-0.15, -0.1) is 11.8 Å². The Bertz CT molecular complexity index is 487. The lowest BCUT2D eigenvalue weighted by molar-refractivity contribution is -0.145. The first kappa shape index (κ1) is 16.4. The highest BCUT2D eigenvalue weighted by molar-refractivity contribution is 7.99. The molecule has 116 valence electrons. The van der Waals surface area contributed by atoms with Gasteiger partial charge in [-0.1, -0.05) is 25.1 Å². The maximum atomic E-state index is 11.7. The number of hydrogen-bond donors (Lipinski definition) is 2. The van der Waals surface area contributed by atoms with Crippen LogP contribution in [0.2, 0.25) is 0 Å². The smallest absolute Gasteiger partial charge is 0.323 e. The highest BCUT2D eigenvalue weighted by Gasteiger charge is 2.40. The second-order valence-electron chi connectivity index (χ2n) is 5.88. The number of carboxylic acids is 1. The van der Waals surface area contributed by atoms with Gasteiger partial charge in [0.15, 0.2) is 0 Å². The fraction of sp³-hybridized carbons (Fsp3) is 0.588. The van der Waals surface area contributed by atoms with Crippen molar-refractivity contribution in [2.75, 3.05) is 5.75 Å². The summed E-state index contributed by atoms with van der Waals surface area (Å²) in [4.78, 5) is 13.0. The molecule has 1 aliphatic rings. The van der Waals surface area contributed by atoms with Gasteiger partial charge in [-0.2, -0.15) is 0 Å². The Morgan fingerprint density at radius 1 is 1.43 bits per heavy atom. The number of carbonyl (C=O) groups is 1. The topological polar surface area (TPSA) is 49.3 Å². The number of nitrogens with one attached hydrogen (secondary N) is 1. The Balaban J connectivity index is 1.84. The molecule has 0 saturated heterocycles. The predicted molar refractivity (Wildman–Crippen MR) is 88.0 cm³/mol. The molecule has 0 bridgehead atoms. The fourth-order valence-corrected chi connectivity index (χ4v) is 3.54. The molecule has 2 rings (SSSR count). The Kier molecular flexibility index (Phi) is 5.71. The number of benzene rings is 1. The highest BCUT2D eigenvalue weighted by Crippen LogP contribution is 2.29. The number of rotatable bonds is 9. The van der Waals surface area contributed by atoms with Crippen molar-refractivity contribution in [1.29, 1.82) is 0 Å². The van der Waals surface area contributed by atoms with E-state index in [4.69, 9.17) is 0 Å². The molecule has 4 heteroatoms. The van der Waals surface area contributed by atoms with Crippen molar-refractivity contribution in [3.8, 4) is 0 Å². The number of carboxylic acid groups (broad SMARTS) is 1. The van der Waals surface area contributed by atoms with E-state index in [1.807, 2.05) is 24.8 Å². The van der Waals surface area contributed by atoms with Crippen molar-refractivity contribution in [3.63, 3.8) is 0 Å². The SMILES string of the molecule is CCC(CCCSc1ccccc1C)(NC1CC1)C(=O)O. The average molecular weight is 307 g/mol. The van der Waals surface area contributed by atoms with Crippen LogP contribution in [0.15, 0.2) is 29.2 Å². The van der Waals surface area contributed by atoms with Gasteiger partial charge in [0, 0.05) is 10.9 Å². The minimum atomic E-state index is -0.729. The van der Waals surface area contributed by atoms with E-state index in [1.165, 1.54) is 10.5 Å². The summed E-state index contributed by atoms with van der Waals surface area (Å²) in [6.07, 6.45) is 4.50. The average Bonchev–Trinajstić information content (AvgIpc) is 3.27. The summed E-state index contributed by atoms with van der Waals surface area (Å²) >= 11 is 1.82. The molecule has 0 radical (unpaired) electrons. The molecule has 1 aromatic rings. The number of aryl methyl sites for hydroxylation is 1. The molecule has 0 heterocycles. The van der Waals surface area contributed by atoms with Gasteiger partial charge in [0.25, 0.3) is 0 Å². The van der Waals surface area contributed by atoms with Gasteiger partial charge in [-0.3, -0.25) is 10.1 Å². The van der Waals surface area contributed by atoms with E-state index >= 15 is 0 Å². The van der Waals surface area contributed by atoms with Crippen molar-refractivity contribution < 1.29 is 9.90 Å². The predicted octanol–water partition coefficient (Wildman–Crippen LogP) is 3.85. The van der Waals surface area contributed by atoms with E-state index in [-0.39, 0.29) is 0 Å². The van der Waals surface area contributed by atoms with Crippen LogP contribution in [0.1, 0.15) is 44.6 Å². The molecule has 1 unspecified atom stereocenters. The zero-order valence-corrected chi connectivity index (χ0v) is 13.7. The summed E-state index contributed by atoms with van der Waals surface area (Å²) in [5.74, 6) is 0.268. The van der Waals surface area contributed by atoms with Crippen LogP contribution in [-0.2, 0) is 4.79 Å². The minimum absolute atomic E-state index is 0.421. The third-order valence-corrected chi connectivity index (χ3v) is 5.43. The van der Waals surface area contributed by atoms with Crippen LogP contribution < -0.4 is 5.32 Å². The maximum Gasteiger partial charge on any atom is 0.323 e. The fourth-order valence-electron chi connectivity index (χ4n) is 2.56. The first-order valence-electron chi connectivity index (χ1n) is 7.77. The van der Waals surface area contributed by atoms with E-state index in [2.05, 4.69) is 30.4 Å². The van der Waals surface area contributed by atoms with Crippen molar-refractivity contribution in [2.45, 2.75) is 62.4 Å². The van der Waals surface area contributed by atoms with Crippen LogP contribution in [0.25, 0.3) is 0 Å². The molecule has 0 aromatic heterocycles. The summed E-state index contributed by atoms with van der Waals surface area (Å²) in [5.41, 5.74) is 0.562. The Morgan fingerprint density at radius 3 is 2.71 bits per heavy atom. The van der Waals surface area contributed by atoms with Gasteiger partial charge in [-0.05, 0) is 56.4 Å². The molecule has 0 amide bonds. The Hall–Kier alpha value is -1.00. The normalized spacial score (nSPS) is 17.4. The molecule has 1 saturated carbocycles. The first-order valence-corrected chi connectivity index (χ1v) is 8.75. The Morgan fingerprint density at radius 2 is 2.14 bits per heavy atom. The third-order valence-electron chi connectivity index (χ3n) is 4.17. The van der Waals surface area contributed by atoms with Crippen molar-refractivity contribution in [2.24, 2.45) is 0 Å². The zero-order valence-electron chi connectivity index (χ0n) is 12.9. The molecule has 3 nitrogen and oxygen atoms in total. The van der Waals surface area contributed by atoms with Gasteiger partial charge in [0.2, 0.25) is 0 Å². The van der Waals surface area contributed by atoms with Crippen LogP contribution in [0, 0.1) is 6.92 Å². The van der Waals surface area contributed by atoms with Gasteiger partial charge in [0.05, 0.1) is 0 Å². The third kappa shape index (κ3) is 4.48. The number of hydrogen-bond acceptors (Lipinski definition) is 3. The second-order valence-corrected chi connectivity index (χ2v) is 7.01. The van der Waals surface area contributed by atoms with Crippen LogP contribution in [0.5, 0.6) is 0 Å². The van der Waals surface area contributed by atoms with Crippen LogP contribution in [-0.4, -0.2) is 28.4 Å². The molecule has 21 heavy (non-hydrogen) atoms. The molecule has 0 aliphatic heterocycles. The van der Waals surface area contributed by atoms with E-state index in [0.717, 1.165) is 25.0 Å². The summed E-state index contributed by atoms with van der Waals surface area (Å²) in [6.45, 7) is 4.09. The number of thioether (sulfide) groups is 1. The van der Waals surface area contributed by atoms with Crippen molar-refractivity contribution in [3.05, 3.63) is 29.8 Å². The lowest BCUT2D eigenvalue weighted by atomic mass is 9.90. The monoisotopic (exact) mass is 307 g/mol. The molecular formula is C17H25NO2S. The molecule has 2 N–H and O–H groups in total. The molecule has 1 aliphatic carbocycles. The zero-order chi connectivity index (χ0) is 15.3. The van der Waals surface area contributed by atoms with E-state index in [1.54, 1.807) is 0 Å². The molecule has 0 spiro atoms. The lowest BCUT2D eigenvalue weighted by Crippen LogP contribution is -2.52. The maximum absolute atomic E-state index is 11.7. The molecular weight excluding hydrogens is 282 g/mol. The van der Waals surface area contributed by atoms with E-state index < -0.39 is 11.5 Å². The van der Waals surface area contributed by atoms with Crippen molar-refractivity contribution in [1.82, 2.24) is 5.32 Å². The summed E-state index contributed by atoms with van der Waals surface area (Å²) in [7, 11) is 0. The van der Waals surface area contributed by atoms with E-state index in [9.17, 15) is 9.90 Å². The highest BCUT2D eigenvalue weighted by atomic mass is 32.2. The summed E-state index contributed by atoms with van der Waals surface area (Å²) in [5, 5.41) is 12.9. The van der Waals surface area contributed by atoms with Gasteiger partial charge in [0.1, 0.15) is 5.54 Å². The van der Waals surface area contributed by atoms with Crippen LogP contribution in [0.4, 0.5) is 0 Å². The Labute approximate surface area is 131 Å². The van der Waals surface area contributed by atoms with Gasteiger partial charge < -0.3 is 5.11 Å². The second kappa shape index (κ2) is 7.32. The summed E-state index contributed by atoms with van der Waals surface area (Å²) < 4.78 is 0. The molecule has 1 aromatic carbocycles. The molecule has 1 atom stereocenters. The van der Waals surface area contributed by atoms with Crippen LogP contribution in [0.3, 0.4) is 0 Å². The summed E-state index contributed by atoms with van der Waals surface area (Å²) in [6, 6.07) is 8.77. The first-order chi connectivity index (χ1) is 10.1. The standard InChI is InChI=1S/C17H25NO2S/c1-3-17(16(19)20,18-14-9-10-14)11-6-12-21-15-8-5-4-7-13(15)2/h4-5,7-8,14,18H,3,6,9-12H2,1-2H3,(H,19,20). The number of aliphatic carboxylic acids is 1. The van der Waals surface area contributed by atoms with Crippen molar-refractivity contribution >= 4 is 17.7 Å². The van der Waals surface area contributed by atoms with Gasteiger partial charge >= 0.3 is 5.97 Å². The van der Waals surface area contributed by atoms with E-state index in [0.29, 0.717) is 18.9 Å². The van der Waals surface area contributed by atoms with Gasteiger partial charge in [-0.25, -0.2) is 0 Å². The minimum Gasteiger partial charge on any atom is -0.480 e. The largest absolute Gasteiger partial charge is 0.480 e. The molecule has 1 fully saturated rings. The lowest BCUT2D eigenvalue weighted by Gasteiger charge is -2.29. The quantitative estimate of drug-likeness (QED) is 0.537.